The van der Waals surface area contributed by atoms with Crippen LogP contribution >= 0.6 is 0 Å². The Hall–Kier alpha value is -3.09. The average Bonchev–Trinajstić information content (AvgIpc) is 2.58. The molecular weight excluding hydrogens is 340 g/mol. The van der Waals surface area contributed by atoms with E-state index < -0.39 is 17.6 Å². The summed E-state index contributed by atoms with van der Waals surface area (Å²) in [5, 5.41) is 3.46. The Kier molecular flexibility index (Phi) is 5.06. The monoisotopic (exact) mass is 357 g/mol. The van der Waals surface area contributed by atoms with Crippen molar-refractivity contribution in [2.24, 2.45) is 0 Å². The maximum absolute atomic E-state index is 13.5. The molecule has 26 heavy (non-hydrogen) atoms. The minimum absolute atomic E-state index is 0.167. The van der Waals surface area contributed by atoms with Crippen LogP contribution in [0.4, 0.5) is 20.2 Å². The number of aromatic nitrogens is 2. The first-order chi connectivity index (χ1) is 12.5. The lowest BCUT2D eigenvalue weighted by Gasteiger charge is -2.14. The van der Waals surface area contributed by atoms with Gasteiger partial charge in [-0.15, -0.1) is 0 Å². The molecule has 0 fully saturated rings. The normalized spacial score (nSPS) is 10.8. The predicted octanol–water partition coefficient (Wildman–Crippen LogP) is 4.53. The van der Waals surface area contributed by atoms with E-state index in [9.17, 15) is 13.6 Å². The zero-order chi connectivity index (χ0) is 18.7. The van der Waals surface area contributed by atoms with Crippen molar-refractivity contribution in [3.05, 3.63) is 59.4 Å². The van der Waals surface area contributed by atoms with Crippen LogP contribution in [0.3, 0.4) is 0 Å². The number of anilines is 2. The Balaban J connectivity index is 2.13. The molecule has 5 nitrogen and oxygen atoms in total. The van der Waals surface area contributed by atoms with Gasteiger partial charge in [0.2, 0.25) is 0 Å². The van der Waals surface area contributed by atoms with Gasteiger partial charge in [0.15, 0.2) is 5.65 Å². The highest BCUT2D eigenvalue weighted by Crippen LogP contribution is 2.30. The van der Waals surface area contributed by atoms with Crippen molar-refractivity contribution in [2.75, 3.05) is 11.9 Å². The number of rotatable bonds is 5. The molecule has 0 saturated carbocycles. The molecule has 2 heterocycles. The molecule has 7 heteroatoms. The Morgan fingerprint density at radius 1 is 1.19 bits per heavy atom. The van der Waals surface area contributed by atoms with Crippen LogP contribution in [0.1, 0.15) is 29.4 Å². The summed E-state index contributed by atoms with van der Waals surface area (Å²) in [4.78, 5) is 20.9. The van der Waals surface area contributed by atoms with Crippen molar-refractivity contribution in [1.82, 2.24) is 9.97 Å². The molecule has 0 bridgehead atoms. The molecule has 0 amide bonds. The summed E-state index contributed by atoms with van der Waals surface area (Å²) in [5.41, 5.74) is 1.85. The van der Waals surface area contributed by atoms with Gasteiger partial charge >= 0.3 is 5.97 Å². The molecule has 0 saturated heterocycles. The maximum atomic E-state index is 13.5. The van der Waals surface area contributed by atoms with Gasteiger partial charge in [-0.1, -0.05) is 6.92 Å². The number of hydrogen-bond acceptors (Lipinski definition) is 5. The van der Waals surface area contributed by atoms with E-state index in [1.807, 2.05) is 13.8 Å². The summed E-state index contributed by atoms with van der Waals surface area (Å²) >= 11 is 0. The summed E-state index contributed by atoms with van der Waals surface area (Å²) in [5.74, 6) is -2.02. The van der Waals surface area contributed by atoms with Crippen molar-refractivity contribution in [3.8, 4) is 0 Å². The van der Waals surface area contributed by atoms with E-state index in [4.69, 9.17) is 4.74 Å². The fourth-order valence-corrected chi connectivity index (χ4v) is 2.50. The standard InChI is InChI=1S/C19H17F2N3O2/c1-3-6-26-19(25)16-10-22-18-15(5-4-11(2)23-18)17(16)24-14-8-12(20)7-13(21)9-14/h4-5,7-10H,3,6H2,1-2H3,(H,22,23,24). The first-order valence-corrected chi connectivity index (χ1v) is 8.14. The molecule has 0 aliphatic rings. The summed E-state index contributed by atoms with van der Waals surface area (Å²) in [7, 11) is 0. The number of carbonyl (C=O) groups excluding carboxylic acids is 1. The lowest BCUT2D eigenvalue weighted by atomic mass is 10.1. The fourth-order valence-electron chi connectivity index (χ4n) is 2.50. The summed E-state index contributed by atoms with van der Waals surface area (Å²) in [6.07, 6.45) is 2.02. The van der Waals surface area contributed by atoms with Crippen LogP contribution in [0.25, 0.3) is 11.0 Å². The largest absolute Gasteiger partial charge is 0.462 e. The van der Waals surface area contributed by atoms with Crippen molar-refractivity contribution in [2.45, 2.75) is 20.3 Å². The van der Waals surface area contributed by atoms with Crippen LogP contribution in [0.2, 0.25) is 0 Å². The van der Waals surface area contributed by atoms with E-state index >= 15 is 0 Å². The third kappa shape index (κ3) is 3.77. The topological polar surface area (TPSA) is 64.1 Å². The van der Waals surface area contributed by atoms with E-state index in [-0.39, 0.29) is 17.9 Å². The van der Waals surface area contributed by atoms with E-state index in [0.717, 1.165) is 23.9 Å². The van der Waals surface area contributed by atoms with Crippen LogP contribution < -0.4 is 5.32 Å². The number of halogens is 2. The Labute approximate surface area is 149 Å². The second kappa shape index (κ2) is 7.43. The van der Waals surface area contributed by atoms with Crippen molar-refractivity contribution < 1.29 is 18.3 Å². The minimum Gasteiger partial charge on any atom is -0.462 e. The predicted molar refractivity (Wildman–Crippen MR) is 94.5 cm³/mol. The molecular formula is C19H17F2N3O2. The van der Waals surface area contributed by atoms with Gasteiger partial charge in [-0.2, -0.15) is 0 Å². The summed E-state index contributed by atoms with van der Waals surface area (Å²) in [6, 6.07) is 6.56. The average molecular weight is 357 g/mol. The van der Waals surface area contributed by atoms with Crippen LogP contribution in [-0.4, -0.2) is 22.5 Å². The smallest absolute Gasteiger partial charge is 0.341 e. The van der Waals surface area contributed by atoms with Gasteiger partial charge in [0, 0.05) is 29.0 Å². The zero-order valence-electron chi connectivity index (χ0n) is 14.3. The number of fused-ring (bicyclic) bond motifs is 1. The van der Waals surface area contributed by atoms with Crippen molar-refractivity contribution in [1.29, 1.82) is 0 Å². The first-order valence-electron chi connectivity index (χ1n) is 8.14. The number of hydrogen-bond donors (Lipinski definition) is 1. The first kappa shape index (κ1) is 17.7. The number of carbonyl (C=O) groups is 1. The van der Waals surface area contributed by atoms with Crippen LogP contribution in [0, 0.1) is 18.6 Å². The lowest BCUT2D eigenvalue weighted by molar-refractivity contribution is 0.0506. The van der Waals surface area contributed by atoms with Gasteiger partial charge in [0.25, 0.3) is 0 Å². The molecule has 1 aromatic carbocycles. The molecule has 3 aromatic rings. The van der Waals surface area contributed by atoms with Gasteiger partial charge < -0.3 is 10.1 Å². The van der Waals surface area contributed by atoms with Gasteiger partial charge in [-0.25, -0.2) is 23.5 Å². The highest BCUT2D eigenvalue weighted by molar-refractivity contribution is 6.05. The second-order valence-electron chi connectivity index (χ2n) is 5.79. The maximum Gasteiger partial charge on any atom is 0.341 e. The van der Waals surface area contributed by atoms with Gasteiger partial charge in [0.05, 0.1) is 12.3 Å². The Morgan fingerprint density at radius 2 is 1.92 bits per heavy atom. The molecule has 0 aliphatic carbocycles. The molecule has 2 aromatic heterocycles. The van der Waals surface area contributed by atoms with E-state index in [2.05, 4.69) is 15.3 Å². The van der Waals surface area contributed by atoms with Crippen molar-refractivity contribution >= 4 is 28.4 Å². The molecule has 134 valence electrons. The van der Waals surface area contributed by atoms with Gasteiger partial charge in [-0.3, -0.25) is 0 Å². The van der Waals surface area contributed by atoms with Crippen molar-refractivity contribution in [3.63, 3.8) is 0 Å². The number of nitrogens with zero attached hydrogens (tertiary/aromatic N) is 2. The van der Waals surface area contributed by atoms with E-state index in [1.165, 1.54) is 6.20 Å². The molecule has 0 spiro atoms. The van der Waals surface area contributed by atoms with Crippen LogP contribution in [0.5, 0.6) is 0 Å². The molecule has 3 rings (SSSR count). The van der Waals surface area contributed by atoms with Gasteiger partial charge in [-0.05, 0) is 37.6 Å². The minimum atomic E-state index is -0.727. The van der Waals surface area contributed by atoms with Crippen LogP contribution in [0.15, 0.2) is 36.5 Å². The Morgan fingerprint density at radius 3 is 2.62 bits per heavy atom. The second-order valence-corrected chi connectivity index (χ2v) is 5.79. The number of ether oxygens (including phenoxy) is 1. The highest BCUT2D eigenvalue weighted by Gasteiger charge is 2.18. The fraction of sp³-hybridized carbons (Fsp3) is 0.211. The molecule has 0 radical (unpaired) electrons. The third-order valence-corrected chi connectivity index (χ3v) is 3.66. The molecule has 0 unspecified atom stereocenters. The third-order valence-electron chi connectivity index (χ3n) is 3.66. The molecule has 1 N–H and O–H groups in total. The highest BCUT2D eigenvalue weighted by atomic mass is 19.1. The number of esters is 1. The van der Waals surface area contributed by atoms with Crippen LogP contribution in [-0.2, 0) is 4.74 Å². The summed E-state index contributed by atoms with van der Waals surface area (Å²) in [6.45, 7) is 3.96. The SMILES string of the molecule is CCCOC(=O)c1cnc2nc(C)ccc2c1Nc1cc(F)cc(F)c1. The number of pyridine rings is 2. The quantitative estimate of drug-likeness (QED) is 0.680. The van der Waals surface area contributed by atoms with E-state index in [1.54, 1.807) is 12.1 Å². The summed E-state index contributed by atoms with van der Waals surface area (Å²) < 4.78 is 32.2. The number of benzene rings is 1. The Bertz CT molecular complexity index is 956. The van der Waals surface area contributed by atoms with E-state index in [0.29, 0.717) is 23.1 Å². The zero-order valence-corrected chi connectivity index (χ0v) is 14.3. The number of aryl methyl sites for hydroxylation is 1. The molecule has 0 atom stereocenters. The van der Waals surface area contributed by atoms with Gasteiger partial charge in [0.1, 0.15) is 17.2 Å². The lowest BCUT2D eigenvalue weighted by Crippen LogP contribution is -2.10. The number of nitrogens with one attached hydrogen (secondary N) is 1. The molecule has 0 aliphatic heterocycles.